The molecule has 0 unspecified atom stereocenters. The molecule has 3 atom stereocenters. The van der Waals surface area contributed by atoms with Crippen molar-refractivity contribution in [3.05, 3.63) is 29.8 Å². The van der Waals surface area contributed by atoms with Gasteiger partial charge in [0.1, 0.15) is 5.75 Å². The number of halogens is 3. The Bertz CT molecular complexity index is 704. The highest BCUT2D eigenvalue weighted by Crippen LogP contribution is 2.49. The van der Waals surface area contributed by atoms with E-state index in [1.807, 2.05) is 0 Å². The number of benzene rings is 1. The highest BCUT2D eigenvalue weighted by atomic mass is 19.4. The smallest absolute Gasteiger partial charge is 0.439 e. The van der Waals surface area contributed by atoms with E-state index in [0.29, 0.717) is 12.8 Å². The van der Waals surface area contributed by atoms with E-state index in [-0.39, 0.29) is 28.6 Å². The van der Waals surface area contributed by atoms with Gasteiger partial charge < -0.3 is 10.2 Å². The second-order valence-corrected chi connectivity index (χ2v) is 6.38. The zero-order valence-electron chi connectivity index (χ0n) is 12.9. The van der Waals surface area contributed by atoms with Gasteiger partial charge in [0.05, 0.1) is 11.5 Å². The molecule has 0 radical (unpaired) electrons. The van der Waals surface area contributed by atoms with Crippen molar-refractivity contribution in [2.45, 2.75) is 38.1 Å². The van der Waals surface area contributed by atoms with Crippen molar-refractivity contribution in [2.75, 3.05) is 0 Å². The summed E-state index contributed by atoms with van der Waals surface area (Å²) >= 11 is 0. The van der Waals surface area contributed by atoms with E-state index in [4.69, 9.17) is 0 Å². The van der Waals surface area contributed by atoms with Gasteiger partial charge in [-0.3, -0.25) is 4.79 Å². The average Bonchev–Trinajstić information content (AvgIpc) is 2.81. The fourth-order valence-electron chi connectivity index (χ4n) is 3.38. The number of aliphatic hydroxyl groups is 1. The van der Waals surface area contributed by atoms with Crippen LogP contribution in [0.25, 0.3) is 0 Å². The number of fused-ring (bicyclic) bond motifs is 1. The van der Waals surface area contributed by atoms with E-state index < -0.39 is 29.5 Å². The van der Waals surface area contributed by atoms with Gasteiger partial charge in [0, 0.05) is 5.71 Å². The van der Waals surface area contributed by atoms with Crippen LogP contribution in [-0.2, 0) is 0 Å². The number of para-hydroxylation sites is 1. The number of phenols is 1. The zero-order chi connectivity index (χ0) is 17.7. The summed E-state index contributed by atoms with van der Waals surface area (Å²) in [5.41, 5.74) is -3.55. The van der Waals surface area contributed by atoms with Crippen LogP contribution >= 0.6 is 0 Å². The van der Waals surface area contributed by atoms with E-state index in [1.54, 1.807) is 6.92 Å². The second kappa shape index (κ2) is 5.47. The molecule has 130 valence electrons. The summed E-state index contributed by atoms with van der Waals surface area (Å²) in [6.07, 6.45) is -4.02. The van der Waals surface area contributed by atoms with Crippen LogP contribution in [0.3, 0.4) is 0 Å². The van der Waals surface area contributed by atoms with Gasteiger partial charge in [0.2, 0.25) is 0 Å². The highest BCUT2D eigenvalue weighted by molar-refractivity contribution is 6.01. The molecule has 24 heavy (non-hydrogen) atoms. The minimum absolute atomic E-state index is 0.0111. The van der Waals surface area contributed by atoms with Crippen LogP contribution in [0.1, 0.15) is 36.5 Å². The fourth-order valence-corrected chi connectivity index (χ4v) is 3.38. The van der Waals surface area contributed by atoms with E-state index >= 15 is 0 Å². The number of carbonyl (C=O) groups is 1. The second-order valence-electron chi connectivity index (χ2n) is 6.38. The first-order valence-electron chi connectivity index (χ1n) is 7.65. The quantitative estimate of drug-likeness (QED) is 0.824. The number of alkyl halides is 3. The van der Waals surface area contributed by atoms with Gasteiger partial charge in [0.15, 0.2) is 0 Å². The van der Waals surface area contributed by atoms with Crippen molar-refractivity contribution in [3.63, 3.8) is 0 Å². The number of rotatable bonds is 1. The lowest BCUT2D eigenvalue weighted by molar-refractivity contribution is -0.313. The Morgan fingerprint density at radius 3 is 2.67 bits per heavy atom. The molecule has 1 aromatic carbocycles. The summed E-state index contributed by atoms with van der Waals surface area (Å²) in [5.74, 6) is -2.93. The van der Waals surface area contributed by atoms with Crippen LogP contribution in [-0.4, -0.2) is 38.7 Å². The standard InChI is InChI=1S/C16H17F3N2O3/c1-9-6-7-12-11(8-9)15(24,16(17,18)19)21(20-12)14(23)10-4-2-3-5-13(10)22/h2-5,9,11,22,24H,6-8H2,1H3/t9-,11+,15-/m1/s1. The SMILES string of the molecule is C[C@@H]1CCC2=NN(C(=O)c3ccccc3O)[C@](O)(C(F)(F)F)[C@H]2C1. The fraction of sp³-hybridized carbons (Fsp3) is 0.500. The molecule has 0 bridgehead atoms. The van der Waals surface area contributed by atoms with E-state index in [0.717, 1.165) is 0 Å². The summed E-state index contributed by atoms with van der Waals surface area (Å²) in [5, 5.41) is 24.2. The molecule has 2 aliphatic rings. The van der Waals surface area contributed by atoms with Crippen LogP contribution in [0.2, 0.25) is 0 Å². The maximum Gasteiger partial charge on any atom is 0.439 e. The van der Waals surface area contributed by atoms with Crippen molar-refractivity contribution in [1.82, 2.24) is 5.01 Å². The Hall–Kier alpha value is -2.09. The molecule has 3 rings (SSSR count). The number of hydrogen-bond acceptors (Lipinski definition) is 4. The normalized spacial score (nSPS) is 30.0. The van der Waals surface area contributed by atoms with Gasteiger partial charge >= 0.3 is 6.18 Å². The number of nitrogens with zero attached hydrogens (tertiary/aromatic N) is 2. The molecule has 8 heteroatoms. The molecule has 1 aromatic rings. The molecule has 1 saturated carbocycles. The number of hydrogen-bond donors (Lipinski definition) is 2. The van der Waals surface area contributed by atoms with Crippen LogP contribution in [0.4, 0.5) is 13.2 Å². The predicted octanol–water partition coefficient (Wildman–Crippen LogP) is 2.89. The van der Waals surface area contributed by atoms with Crippen molar-refractivity contribution < 1.29 is 28.2 Å². The first-order valence-corrected chi connectivity index (χ1v) is 7.65. The van der Waals surface area contributed by atoms with E-state index in [1.165, 1.54) is 24.3 Å². The third-order valence-corrected chi connectivity index (χ3v) is 4.71. The molecule has 1 aliphatic carbocycles. The third-order valence-electron chi connectivity index (χ3n) is 4.71. The molecule has 2 N–H and O–H groups in total. The van der Waals surface area contributed by atoms with Gasteiger partial charge in [-0.1, -0.05) is 19.1 Å². The van der Waals surface area contributed by atoms with Crippen molar-refractivity contribution >= 4 is 11.6 Å². The predicted molar refractivity (Wildman–Crippen MR) is 79.2 cm³/mol. The molecule has 1 heterocycles. The minimum Gasteiger partial charge on any atom is -0.507 e. The van der Waals surface area contributed by atoms with Gasteiger partial charge in [-0.25, -0.2) is 0 Å². The monoisotopic (exact) mass is 342 g/mol. The summed E-state index contributed by atoms with van der Waals surface area (Å²) in [4.78, 5) is 12.6. The van der Waals surface area contributed by atoms with Gasteiger partial charge in [-0.05, 0) is 37.3 Å². The molecule has 0 spiro atoms. The van der Waals surface area contributed by atoms with Crippen LogP contribution < -0.4 is 0 Å². The highest BCUT2D eigenvalue weighted by Gasteiger charge is 2.68. The van der Waals surface area contributed by atoms with E-state index in [2.05, 4.69) is 5.10 Å². The van der Waals surface area contributed by atoms with Crippen LogP contribution in [0, 0.1) is 11.8 Å². The molecule has 5 nitrogen and oxygen atoms in total. The largest absolute Gasteiger partial charge is 0.507 e. The summed E-state index contributed by atoms with van der Waals surface area (Å²) in [6.45, 7) is 1.81. The number of phenolic OH excluding ortho intramolecular Hbond substituents is 1. The zero-order valence-corrected chi connectivity index (χ0v) is 12.9. The summed E-state index contributed by atoms with van der Waals surface area (Å²) in [6, 6.07) is 5.24. The Labute approximate surface area is 136 Å². The average molecular weight is 342 g/mol. The van der Waals surface area contributed by atoms with E-state index in [9.17, 15) is 28.2 Å². The van der Waals surface area contributed by atoms with Crippen molar-refractivity contribution in [3.8, 4) is 5.75 Å². The first-order chi connectivity index (χ1) is 11.2. The number of hydrazone groups is 1. The van der Waals surface area contributed by atoms with Gasteiger partial charge in [-0.2, -0.15) is 23.3 Å². The number of aromatic hydroxyl groups is 1. The maximum absolute atomic E-state index is 13.7. The Morgan fingerprint density at radius 1 is 1.38 bits per heavy atom. The van der Waals surface area contributed by atoms with Gasteiger partial charge in [0.25, 0.3) is 11.6 Å². The lowest BCUT2D eigenvalue weighted by Crippen LogP contribution is -2.61. The number of carbonyl (C=O) groups excluding carboxylic acids is 1. The third kappa shape index (κ3) is 2.36. The van der Waals surface area contributed by atoms with Gasteiger partial charge in [-0.15, -0.1) is 0 Å². The summed E-state index contributed by atoms with van der Waals surface area (Å²) < 4.78 is 41.1. The molecule has 0 aromatic heterocycles. The van der Waals surface area contributed by atoms with Crippen LogP contribution in [0.5, 0.6) is 5.75 Å². The molecule has 0 saturated heterocycles. The lowest BCUT2D eigenvalue weighted by atomic mass is 9.76. The molecular weight excluding hydrogens is 325 g/mol. The topological polar surface area (TPSA) is 73.1 Å². The van der Waals surface area contributed by atoms with Crippen molar-refractivity contribution in [1.29, 1.82) is 0 Å². The lowest BCUT2D eigenvalue weighted by Gasteiger charge is -2.39. The first kappa shape index (κ1) is 16.8. The molecular formula is C16H17F3N2O3. The Morgan fingerprint density at radius 2 is 2.04 bits per heavy atom. The van der Waals surface area contributed by atoms with Crippen molar-refractivity contribution in [2.24, 2.45) is 16.9 Å². The Kier molecular flexibility index (Phi) is 3.82. The minimum atomic E-state index is -5.07. The molecule has 1 aliphatic heterocycles. The maximum atomic E-state index is 13.7. The molecule has 1 amide bonds. The van der Waals surface area contributed by atoms with Crippen LogP contribution in [0.15, 0.2) is 29.4 Å². The number of amides is 1. The Balaban J connectivity index is 2.07. The molecule has 1 fully saturated rings. The summed E-state index contributed by atoms with van der Waals surface area (Å²) in [7, 11) is 0.